The number of rotatable bonds is 7. The van der Waals surface area contributed by atoms with Gasteiger partial charge in [-0.2, -0.15) is 5.10 Å². The van der Waals surface area contributed by atoms with E-state index >= 15 is 0 Å². The number of nitrogens with one attached hydrogen (secondary N) is 3. The molecule has 0 spiro atoms. The van der Waals surface area contributed by atoms with Gasteiger partial charge in [0, 0.05) is 23.8 Å². The maximum Gasteiger partial charge on any atom is 0.260 e. The van der Waals surface area contributed by atoms with Gasteiger partial charge in [0.05, 0.1) is 0 Å². The maximum absolute atomic E-state index is 12.5. The first-order valence-electron chi connectivity index (χ1n) is 7.81. The van der Waals surface area contributed by atoms with E-state index in [-0.39, 0.29) is 11.1 Å². The molecule has 0 radical (unpaired) electrons. The van der Waals surface area contributed by atoms with Crippen LogP contribution in [0.4, 0.5) is 0 Å². The minimum absolute atomic E-state index is 0.0530. The van der Waals surface area contributed by atoms with Gasteiger partial charge in [-0.1, -0.05) is 26.2 Å². The lowest BCUT2D eigenvalue weighted by molar-refractivity contribution is 0.411. The van der Waals surface area contributed by atoms with E-state index in [1.807, 2.05) is 6.92 Å². The summed E-state index contributed by atoms with van der Waals surface area (Å²) in [5.41, 5.74) is 1.55. The van der Waals surface area contributed by atoms with Crippen molar-refractivity contribution in [2.24, 2.45) is 0 Å². The number of hydrogen-bond donors (Lipinski definition) is 3. The standard InChI is InChI=1S/C14H26N4O2S/c1-3-9-15-10-13-11(2)16-17-14(13)21(19,20)18-12-7-5-4-6-8-12/h12,15,18H,3-10H2,1-2H3,(H,16,17). The summed E-state index contributed by atoms with van der Waals surface area (Å²) in [7, 11) is -3.54. The van der Waals surface area contributed by atoms with Crippen molar-refractivity contribution in [3.63, 3.8) is 0 Å². The van der Waals surface area contributed by atoms with Crippen LogP contribution >= 0.6 is 0 Å². The Morgan fingerprint density at radius 2 is 2.00 bits per heavy atom. The molecular formula is C14H26N4O2S. The molecule has 0 bridgehead atoms. The number of aromatic amines is 1. The van der Waals surface area contributed by atoms with Gasteiger partial charge < -0.3 is 5.32 Å². The van der Waals surface area contributed by atoms with Gasteiger partial charge in [-0.3, -0.25) is 5.10 Å². The Balaban J connectivity index is 2.11. The van der Waals surface area contributed by atoms with Crippen LogP contribution in [0.5, 0.6) is 0 Å². The molecule has 120 valence electrons. The second-order valence-corrected chi connectivity index (χ2v) is 7.39. The molecule has 1 saturated carbocycles. The highest BCUT2D eigenvalue weighted by Crippen LogP contribution is 2.21. The summed E-state index contributed by atoms with van der Waals surface area (Å²) in [5.74, 6) is 0. The van der Waals surface area contributed by atoms with Crippen molar-refractivity contribution in [3.05, 3.63) is 11.3 Å². The smallest absolute Gasteiger partial charge is 0.260 e. The topological polar surface area (TPSA) is 86.9 Å². The van der Waals surface area contributed by atoms with Crippen LogP contribution in [0, 0.1) is 6.92 Å². The van der Waals surface area contributed by atoms with E-state index in [0.717, 1.165) is 49.9 Å². The summed E-state index contributed by atoms with van der Waals surface area (Å²) in [6.45, 7) is 5.32. The SMILES string of the molecule is CCCNCc1c(S(=O)(=O)NC2CCCCC2)n[nH]c1C. The minimum atomic E-state index is -3.54. The minimum Gasteiger partial charge on any atom is -0.313 e. The number of sulfonamides is 1. The van der Waals surface area contributed by atoms with Crippen LogP contribution < -0.4 is 10.0 Å². The molecule has 1 aromatic heterocycles. The number of hydrogen-bond acceptors (Lipinski definition) is 4. The van der Waals surface area contributed by atoms with E-state index < -0.39 is 10.0 Å². The summed E-state index contributed by atoms with van der Waals surface area (Å²) in [6.07, 6.45) is 6.25. The predicted molar refractivity (Wildman–Crippen MR) is 82.5 cm³/mol. The number of aryl methyl sites for hydroxylation is 1. The van der Waals surface area contributed by atoms with E-state index in [1.54, 1.807) is 0 Å². The second-order valence-electron chi connectivity index (χ2n) is 5.77. The first kappa shape index (κ1) is 16.5. The van der Waals surface area contributed by atoms with Crippen molar-refractivity contribution >= 4 is 10.0 Å². The van der Waals surface area contributed by atoms with E-state index in [1.165, 1.54) is 6.42 Å². The van der Waals surface area contributed by atoms with Crippen molar-refractivity contribution in [1.29, 1.82) is 0 Å². The third kappa shape index (κ3) is 4.28. The van der Waals surface area contributed by atoms with Gasteiger partial charge in [0.25, 0.3) is 10.0 Å². The molecule has 1 heterocycles. The Bertz CT molecular complexity index is 547. The molecule has 1 aliphatic carbocycles. The van der Waals surface area contributed by atoms with Crippen LogP contribution in [0.2, 0.25) is 0 Å². The maximum atomic E-state index is 12.5. The molecule has 0 saturated heterocycles. The Morgan fingerprint density at radius 1 is 1.29 bits per heavy atom. The first-order valence-corrected chi connectivity index (χ1v) is 9.29. The molecule has 0 aliphatic heterocycles. The average Bonchev–Trinajstić information content (AvgIpc) is 2.82. The monoisotopic (exact) mass is 314 g/mol. The Morgan fingerprint density at radius 3 is 2.67 bits per heavy atom. The highest BCUT2D eigenvalue weighted by Gasteiger charge is 2.27. The van der Waals surface area contributed by atoms with E-state index in [0.29, 0.717) is 6.54 Å². The molecule has 1 fully saturated rings. The van der Waals surface area contributed by atoms with Crippen LogP contribution in [0.25, 0.3) is 0 Å². The molecule has 1 aliphatic rings. The number of H-pyrrole nitrogens is 1. The molecule has 0 aromatic carbocycles. The van der Waals surface area contributed by atoms with Gasteiger partial charge in [-0.25, -0.2) is 13.1 Å². The molecule has 0 amide bonds. The quantitative estimate of drug-likeness (QED) is 0.670. The molecule has 0 unspecified atom stereocenters. The van der Waals surface area contributed by atoms with Crippen LogP contribution in [0.3, 0.4) is 0 Å². The van der Waals surface area contributed by atoms with Crippen LogP contribution in [-0.2, 0) is 16.6 Å². The summed E-state index contributed by atoms with van der Waals surface area (Å²) in [6, 6.07) is 0.0530. The zero-order valence-corrected chi connectivity index (χ0v) is 13.7. The van der Waals surface area contributed by atoms with Gasteiger partial charge in [-0.15, -0.1) is 0 Å². The fourth-order valence-electron chi connectivity index (χ4n) is 2.75. The number of aromatic nitrogens is 2. The molecule has 1 aromatic rings. The van der Waals surface area contributed by atoms with Gasteiger partial charge >= 0.3 is 0 Å². The zero-order chi connectivity index (χ0) is 15.3. The third-order valence-electron chi connectivity index (χ3n) is 3.95. The van der Waals surface area contributed by atoms with E-state index in [4.69, 9.17) is 0 Å². The Labute approximate surface area is 127 Å². The predicted octanol–water partition coefficient (Wildman–Crippen LogP) is 1.83. The van der Waals surface area contributed by atoms with Crippen molar-refractivity contribution < 1.29 is 8.42 Å². The summed E-state index contributed by atoms with van der Waals surface area (Å²) >= 11 is 0. The lowest BCUT2D eigenvalue weighted by atomic mass is 9.96. The molecular weight excluding hydrogens is 288 g/mol. The zero-order valence-electron chi connectivity index (χ0n) is 12.9. The van der Waals surface area contributed by atoms with E-state index in [9.17, 15) is 8.42 Å². The fourth-order valence-corrected chi connectivity index (χ4v) is 4.25. The van der Waals surface area contributed by atoms with Crippen molar-refractivity contribution in [1.82, 2.24) is 20.2 Å². The molecule has 3 N–H and O–H groups in total. The highest BCUT2D eigenvalue weighted by atomic mass is 32.2. The molecule has 6 nitrogen and oxygen atoms in total. The lowest BCUT2D eigenvalue weighted by Gasteiger charge is -2.22. The van der Waals surface area contributed by atoms with Gasteiger partial charge in [-0.05, 0) is 32.7 Å². The molecule has 7 heteroatoms. The molecule has 21 heavy (non-hydrogen) atoms. The number of nitrogens with zero attached hydrogens (tertiary/aromatic N) is 1. The normalized spacial score (nSPS) is 17.2. The van der Waals surface area contributed by atoms with Crippen LogP contribution in [-0.4, -0.2) is 31.2 Å². The summed E-state index contributed by atoms with van der Waals surface area (Å²) in [5, 5.41) is 10.2. The van der Waals surface area contributed by atoms with Gasteiger partial charge in [0.2, 0.25) is 0 Å². The largest absolute Gasteiger partial charge is 0.313 e. The Kier molecular flexibility index (Phi) is 5.78. The van der Waals surface area contributed by atoms with E-state index in [2.05, 4.69) is 27.2 Å². The van der Waals surface area contributed by atoms with Crippen LogP contribution in [0.1, 0.15) is 56.7 Å². The van der Waals surface area contributed by atoms with Crippen molar-refractivity contribution in [2.75, 3.05) is 6.54 Å². The average molecular weight is 314 g/mol. The molecule has 2 rings (SSSR count). The first-order chi connectivity index (χ1) is 10.0. The highest BCUT2D eigenvalue weighted by molar-refractivity contribution is 7.89. The van der Waals surface area contributed by atoms with Gasteiger partial charge in [0.15, 0.2) is 5.03 Å². The summed E-state index contributed by atoms with van der Waals surface area (Å²) < 4.78 is 27.9. The fraction of sp³-hybridized carbons (Fsp3) is 0.786. The van der Waals surface area contributed by atoms with Crippen molar-refractivity contribution in [3.8, 4) is 0 Å². The van der Waals surface area contributed by atoms with Gasteiger partial charge in [0.1, 0.15) is 0 Å². The third-order valence-corrected chi connectivity index (χ3v) is 5.44. The summed E-state index contributed by atoms with van der Waals surface area (Å²) in [4.78, 5) is 0. The Hall–Kier alpha value is -0.920. The lowest BCUT2D eigenvalue weighted by Crippen LogP contribution is -2.37. The second kappa shape index (κ2) is 7.38. The van der Waals surface area contributed by atoms with Crippen molar-refractivity contribution in [2.45, 2.75) is 70.0 Å². The molecule has 0 atom stereocenters. The van der Waals surface area contributed by atoms with Crippen LogP contribution in [0.15, 0.2) is 5.03 Å².